The molecule has 0 aliphatic heterocycles. The van der Waals surface area contributed by atoms with Gasteiger partial charge in [-0.2, -0.15) is 0 Å². The van der Waals surface area contributed by atoms with Gasteiger partial charge in [0.2, 0.25) is 5.91 Å². The van der Waals surface area contributed by atoms with Crippen molar-refractivity contribution in [3.63, 3.8) is 0 Å². The lowest BCUT2D eigenvalue weighted by Crippen LogP contribution is -2.12. The van der Waals surface area contributed by atoms with Gasteiger partial charge in [0.1, 0.15) is 18.1 Å². The van der Waals surface area contributed by atoms with E-state index in [4.69, 9.17) is 20.9 Å². The second-order valence-corrected chi connectivity index (χ2v) is 6.79. The van der Waals surface area contributed by atoms with Crippen molar-refractivity contribution in [3.8, 4) is 11.5 Å². The molecule has 1 amide bonds. The molecule has 0 saturated heterocycles. The van der Waals surface area contributed by atoms with Crippen LogP contribution in [0.4, 0.5) is 0 Å². The summed E-state index contributed by atoms with van der Waals surface area (Å²) in [4.78, 5) is 12.2. The molecule has 0 aliphatic carbocycles. The van der Waals surface area contributed by atoms with Crippen LogP contribution >= 0.6 is 0 Å². The van der Waals surface area contributed by atoms with E-state index < -0.39 is 5.91 Å². The number of ether oxygens (including phenoxy) is 2. The molecule has 0 radical (unpaired) electrons. The SMILES string of the molecule is COc1cc(OCCN)c2c3c(C(N)=O)cccc3n(Cc3ccccc3)c2c1. The summed E-state index contributed by atoms with van der Waals surface area (Å²) in [6.07, 6.45) is 0. The average molecular weight is 389 g/mol. The number of carbonyl (C=O) groups excluding carboxylic acids is 1. The molecule has 0 spiro atoms. The van der Waals surface area contributed by atoms with Gasteiger partial charge in [-0.15, -0.1) is 0 Å². The molecule has 0 unspecified atom stereocenters. The van der Waals surface area contributed by atoms with Gasteiger partial charge in [0.15, 0.2) is 0 Å². The number of methoxy groups -OCH3 is 1. The predicted molar refractivity (Wildman–Crippen MR) is 115 cm³/mol. The highest BCUT2D eigenvalue weighted by molar-refractivity contribution is 6.20. The fraction of sp³-hybridized carbons (Fsp3) is 0.174. The number of amides is 1. The Hall–Kier alpha value is -3.51. The Morgan fingerprint density at radius 3 is 2.48 bits per heavy atom. The fourth-order valence-corrected chi connectivity index (χ4v) is 3.74. The normalized spacial score (nSPS) is 11.1. The molecular weight excluding hydrogens is 366 g/mol. The molecule has 29 heavy (non-hydrogen) atoms. The molecule has 1 aromatic heterocycles. The molecule has 0 bridgehead atoms. The van der Waals surface area contributed by atoms with Crippen molar-refractivity contribution in [2.24, 2.45) is 11.5 Å². The van der Waals surface area contributed by atoms with Crippen LogP contribution in [0.1, 0.15) is 15.9 Å². The summed E-state index contributed by atoms with van der Waals surface area (Å²) in [6.45, 7) is 1.36. The fourth-order valence-electron chi connectivity index (χ4n) is 3.74. The highest BCUT2D eigenvalue weighted by Crippen LogP contribution is 2.40. The summed E-state index contributed by atoms with van der Waals surface area (Å²) in [7, 11) is 1.62. The topological polar surface area (TPSA) is 92.5 Å². The van der Waals surface area contributed by atoms with E-state index in [1.54, 1.807) is 13.2 Å². The van der Waals surface area contributed by atoms with Crippen molar-refractivity contribution in [2.45, 2.75) is 6.54 Å². The van der Waals surface area contributed by atoms with Crippen molar-refractivity contribution in [1.29, 1.82) is 0 Å². The van der Waals surface area contributed by atoms with Crippen LogP contribution in [-0.4, -0.2) is 30.7 Å². The standard InChI is InChI=1S/C23H23N3O3/c1-28-16-12-19-22(20(13-16)29-11-10-24)21-17(23(25)27)8-5-9-18(21)26(19)14-15-6-3-2-4-7-15/h2-9,12-13H,10-11,14,24H2,1H3,(H2,25,27). The Bertz CT molecular complexity index is 1180. The Labute approximate surface area is 168 Å². The summed E-state index contributed by atoms with van der Waals surface area (Å²) >= 11 is 0. The third-order valence-corrected chi connectivity index (χ3v) is 4.99. The van der Waals surface area contributed by atoms with E-state index in [0.717, 1.165) is 27.4 Å². The molecule has 0 atom stereocenters. The van der Waals surface area contributed by atoms with E-state index in [2.05, 4.69) is 16.7 Å². The number of rotatable bonds is 7. The minimum atomic E-state index is -0.477. The lowest BCUT2D eigenvalue weighted by molar-refractivity contribution is 0.100. The van der Waals surface area contributed by atoms with Crippen molar-refractivity contribution >= 4 is 27.7 Å². The minimum Gasteiger partial charge on any atom is -0.497 e. The first-order valence-corrected chi connectivity index (χ1v) is 9.43. The first kappa shape index (κ1) is 18.8. The van der Waals surface area contributed by atoms with Gasteiger partial charge in [-0.25, -0.2) is 0 Å². The smallest absolute Gasteiger partial charge is 0.249 e. The Morgan fingerprint density at radius 2 is 1.79 bits per heavy atom. The molecule has 6 heteroatoms. The molecule has 0 aliphatic rings. The van der Waals surface area contributed by atoms with Gasteiger partial charge in [-0.3, -0.25) is 4.79 Å². The van der Waals surface area contributed by atoms with E-state index >= 15 is 0 Å². The van der Waals surface area contributed by atoms with Crippen LogP contribution in [0.15, 0.2) is 60.7 Å². The van der Waals surface area contributed by atoms with E-state index in [9.17, 15) is 4.79 Å². The number of nitrogens with two attached hydrogens (primary N) is 2. The van der Waals surface area contributed by atoms with Crippen molar-refractivity contribution in [2.75, 3.05) is 20.3 Å². The maximum Gasteiger partial charge on any atom is 0.249 e. The predicted octanol–water partition coefficient (Wildman–Crippen LogP) is 3.29. The summed E-state index contributed by atoms with van der Waals surface area (Å²) in [5.74, 6) is 0.813. The van der Waals surface area contributed by atoms with Gasteiger partial charge < -0.3 is 25.5 Å². The molecular formula is C23H23N3O3. The van der Waals surface area contributed by atoms with E-state index in [-0.39, 0.29) is 0 Å². The highest BCUT2D eigenvalue weighted by Gasteiger charge is 2.21. The Kier molecular flexibility index (Phi) is 5.10. The van der Waals surface area contributed by atoms with Crippen molar-refractivity contribution in [1.82, 2.24) is 4.57 Å². The first-order chi connectivity index (χ1) is 14.1. The molecule has 4 rings (SSSR count). The lowest BCUT2D eigenvalue weighted by atomic mass is 10.1. The summed E-state index contributed by atoms with van der Waals surface area (Å²) in [5.41, 5.74) is 14.8. The summed E-state index contributed by atoms with van der Waals surface area (Å²) < 4.78 is 13.6. The number of fused-ring (bicyclic) bond motifs is 3. The van der Waals surface area contributed by atoms with Crippen LogP contribution in [0.2, 0.25) is 0 Å². The first-order valence-electron chi connectivity index (χ1n) is 9.43. The molecule has 0 fully saturated rings. The number of primary amides is 1. The third kappa shape index (κ3) is 3.39. The van der Waals surface area contributed by atoms with Gasteiger partial charge in [-0.05, 0) is 17.7 Å². The molecule has 4 aromatic rings. The quantitative estimate of drug-likeness (QED) is 0.507. The van der Waals surface area contributed by atoms with Crippen LogP contribution in [-0.2, 0) is 6.54 Å². The number of carbonyl (C=O) groups is 1. The zero-order chi connectivity index (χ0) is 20.4. The molecule has 148 valence electrons. The molecule has 1 heterocycles. The number of benzene rings is 3. The second kappa shape index (κ2) is 7.85. The van der Waals surface area contributed by atoms with Crippen LogP contribution in [0.5, 0.6) is 11.5 Å². The minimum absolute atomic E-state index is 0.354. The number of hydrogen-bond acceptors (Lipinski definition) is 4. The molecule has 4 N–H and O–H groups in total. The van der Waals surface area contributed by atoms with E-state index in [0.29, 0.717) is 36.8 Å². The molecule has 3 aromatic carbocycles. The zero-order valence-electron chi connectivity index (χ0n) is 16.2. The maximum atomic E-state index is 12.2. The van der Waals surface area contributed by atoms with E-state index in [1.807, 2.05) is 42.5 Å². The molecule has 6 nitrogen and oxygen atoms in total. The summed E-state index contributed by atoms with van der Waals surface area (Å²) in [6, 6.07) is 19.5. The van der Waals surface area contributed by atoms with Crippen LogP contribution in [0.25, 0.3) is 21.8 Å². The van der Waals surface area contributed by atoms with Gasteiger partial charge in [-0.1, -0.05) is 36.4 Å². The Morgan fingerprint density at radius 1 is 1.00 bits per heavy atom. The zero-order valence-corrected chi connectivity index (χ0v) is 16.2. The van der Waals surface area contributed by atoms with Crippen molar-refractivity contribution < 1.29 is 14.3 Å². The largest absolute Gasteiger partial charge is 0.497 e. The Balaban J connectivity index is 2.09. The third-order valence-electron chi connectivity index (χ3n) is 4.99. The number of hydrogen-bond donors (Lipinski definition) is 2. The van der Waals surface area contributed by atoms with Crippen LogP contribution in [0.3, 0.4) is 0 Å². The van der Waals surface area contributed by atoms with Crippen LogP contribution < -0.4 is 20.9 Å². The maximum absolute atomic E-state index is 12.2. The average Bonchev–Trinajstić information content (AvgIpc) is 3.06. The second-order valence-electron chi connectivity index (χ2n) is 6.79. The number of nitrogens with zero attached hydrogens (tertiary/aromatic N) is 1. The van der Waals surface area contributed by atoms with Gasteiger partial charge in [0.05, 0.1) is 23.5 Å². The monoisotopic (exact) mass is 389 g/mol. The summed E-state index contributed by atoms with van der Waals surface area (Å²) in [5, 5.41) is 1.61. The molecule has 0 saturated carbocycles. The van der Waals surface area contributed by atoms with Gasteiger partial charge in [0.25, 0.3) is 0 Å². The van der Waals surface area contributed by atoms with Crippen LogP contribution in [0, 0.1) is 0 Å². The van der Waals surface area contributed by atoms with E-state index in [1.165, 1.54) is 0 Å². The lowest BCUT2D eigenvalue weighted by Gasteiger charge is -2.11. The van der Waals surface area contributed by atoms with Gasteiger partial charge in [0, 0.05) is 36.2 Å². The number of aromatic nitrogens is 1. The highest BCUT2D eigenvalue weighted by atomic mass is 16.5. The van der Waals surface area contributed by atoms with Crippen molar-refractivity contribution in [3.05, 3.63) is 71.8 Å². The van der Waals surface area contributed by atoms with Gasteiger partial charge >= 0.3 is 0 Å².